The number of benzene rings is 2. The molecule has 3 aromatic rings. The molecule has 0 atom stereocenters. The zero-order valence-corrected chi connectivity index (χ0v) is 12.0. The first-order chi connectivity index (χ1) is 10.3. The van der Waals surface area contributed by atoms with E-state index in [0.29, 0.717) is 6.61 Å². The average Bonchev–Trinajstić information content (AvgIpc) is 2.53. The number of hydrogen-bond acceptors (Lipinski definition) is 3. The van der Waals surface area contributed by atoms with Gasteiger partial charge in [-0.25, -0.2) is 0 Å². The number of anilines is 1. The molecule has 1 N–H and O–H groups in total. The van der Waals surface area contributed by atoms with Crippen molar-refractivity contribution in [2.45, 2.75) is 6.92 Å². The predicted octanol–water partition coefficient (Wildman–Crippen LogP) is 4.03. The van der Waals surface area contributed by atoms with Crippen molar-refractivity contribution in [2.24, 2.45) is 0 Å². The molecule has 1 aromatic heterocycles. The van der Waals surface area contributed by atoms with Crippen LogP contribution in [-0.2, 0) is 0 Å². The second-order valence-corrected chi connectivity index (χ2v) is 4.97. The number of ether oxygens (including phenoxy) is 1. The third-order valence-electron chi connectivity index (χ3n) is 3.35. The molecule has 3 rings (SSSR count). The number of hydrogen-bond donors (Lipinski definition) is 1. The van der Waals surface area contributed by atoms with Crippen molar-refractivity contribution in [3.63, 3.8) is 0 Å². The molecule has 0 aliphatic heterocycles. The van der Waals surface area contributed by atoms with E-state index in [2.05, 4.69) is 41.5 Å². The van der Waals surface area contributed by atoms with E-state index in [1.807, 2.05) is 30.3 Å². The Hall–Kier alpha value is -2.55. The number of aromatic nitrogens is 1. The van der Waals surface area contributed by atoms with Gasteiger partial charge in [0, 0.05) is 23.8 Å². The summed E-state index contributed by atoms with van der Waals surface area (Å²) in [5.74, 6) is 0.881. The molecule has 0 bridgehead atoms. The van der Waals surface area contributed by atoms with Crippen molar-refractivity contribution in [2.75, 3.05) is 18.5 Å². The molecule has 0 aliphatic rings. The standard InChI is InChI=1S/C18H18N2O/c1-14-7-9-15(10-8-14)19-12-13-21-18-6-2-5-17-16(18)4-3-11-20-17/h2-11,19H,12-13H2,1H3. The highest BCUT2D eigenvalue weighted by atomic mass is 16.5. The minimum absolute atomic E-state index is 0.613. The molecule has 2 aromatic carbocycles. The smallest absolute Gasteiger partial charge is 0.128 e. The topological polar surface area (TPSA) is 34.1 Å². The number of nitrogens with one attached hydrogen (secondary N) is 1. The maximum atomic E-state index is 5.86. The van der Waals surface area contributed by atoms with Gasteiger partial charge in [0.1, 0.15) is 12.4 Å². The van der Waals surface area contributed by atoms with E-state index in [-0.39, 0.29) is 0 Å². The van der Waals surface area contributed by atoms with Crippen LogP contribution in [0.2, 0.25) is 0 Å². The van der Waals surface area contributed by atoms with Gasteiger partial charge in [-0.05, 0) is 43.3 Å². The van der Waals surface area contributed by atoms with Crippen molar-refractivity contribution in [3.8, 4) is 5.75 Å². The molecule has 0 amide bonds. The lowest BCUT2D eigenvalue weighted by Gasteiger charge is -2.10. The Bertz CT molecular complexity index is 717. The summed E-state index contributed by atoms with van der Waals surface area (Å²) in [7, 11) is 0. The van der Waals surface area contributed by atoms with Crippen LogP contribution >= 0.6 is 0 Å². The molecular weight excluding hydrogens is 260 g/mol. The van der Waals surface area contributed by atoms with Crippen molar-refractivity contribution >= 4 is 16.6 Å². The summed E-state index contributed by atoms with van der Waals surface area (Å²) in [6.45, 7) is 3.46. The SMILES string of the molecule is Cc1ccc(NCCOc2cccc3ncccc23)cc1. The summed E-state index contributed by atoms with van der Waals surface area (Å²) < 4.78 is 5.86. The summed E-state index contributed by atoms with van der Waals surface area (Å²) in [5.41, 5.74) is 3.34. The second kappa shape index (κ2) is 6.27. The van der Waals surface area contributed by atoms with Crippen LogP contribution in [0.3, 0.4) is 0 Å². The predicted molar refractivity (Wildman–Crippen MR) is 86.9 cm³/mol. The van der Waals surface area contributed by atoms with Gasteiger partial charge in [-0.15, -0.1) is 0 Å². The highest BCUT2D eigenvalue weighted by Crippen LogP contribution is 2.23. The van der Waals surface area contributed by atoms with Crippen LogP contribution in [0.25, 0.3) is 10.9 Å². The quantitative estimate of drug-likeness (QED) is 0.715. The molecule has 1 heterocycles. The molecular formula is C18H18N2O. The highest BCUT2D eigenvalue weighted by Gasteiger charge is 2.01. The molecule has 0 saturated carbocycles. The van der Waals surface area contributed by atoms with Crippen molar-refractivity contribution in [3.05, 3.63) is 66.4 Å². The molecule has 0 fully saturated rings. The maximum Gasteiger partial charge on any atom is 0.128 e. The third kappa shape index (κ3) is 3.31. The van der Waals surface area contributed by atoms with E-state index >= 15 is 0 Å². The van der Waals surface area contributed by atoms with Crippen LogP contribution < -0.4 is 10.1 Å². The number of pyridine rings is 1. The monoisotopic (exact) mass is 278 g/mol. The lowest BCUT2D eigenvalue weighted by Crippen LogP contribution is -2.11. The van der Waals surface area contributed by atoms with Gasteiger partial charge >= 0.3 is 0 Å². The van der Waals surface area contributed by atoms with Gasteiger partial charge in [0.2, 0.25) is 0 Å². The van der Waals surface area contributed by atoms with Gasteiger partial charge in [-0.1, -0.05) is 23.8 Å². The number of fused-ring (bicyclic) bond motifs is 1. The van der Waals surface area contributed by atoms with E-state index in [1.54, 1.807) is 6.20 Å². The fourth-order valence-corrected chi connectivity index (χ4v) is 2.23. The normalized spacial score (nSPS) is 10.5. The number of aryl methyl sites for hydroxylation is 1. The van der Waals surface area contributed by atoms with Crippen LogP contribution in [0.1, 0.15) is 5.56 Å². The first-order valence-electron chi connectivity index (χ1n) is 7.10. The average molecular weight is 278 g/mol. The zero-order chi connectivity index (χ0) is 14.5. The molecule has 106 valence electrons. The Labute approximate surface area is 124 Å². The Morgan fingerprint density at radius 3 is 2.71 bits per heavy atom. The van der Waals surface area contributed by atoms with Crippen LogP contribution in [0.15, 0.2) is 60.8 Å². The van der Waals surface area contributed by atoms with E-state index in [1.165, 1.54) is 5.56 Å². The Morgan fingerprint density at radius 2 is 1.86 bits per heavy atom. The Kier molecular flexibility index (Phi) is 4.01. The molecule has 0 spiro atoms. The lowest BCUT2D eigenvalue weighted by molar-refractivity contribution is 0.337. The van der Waals surface area contributed by atoms with Gasteiger partial charge in [0.25, 0.3) is 0 Å². The van der Waals surface area contributed by atoms with E-state index in [9.17, 15) is 0 Å². The molecule has 3 heteroatoms. The number of nitrogens with zero attached hydrogens (tertiary/aromatic N) is 1. The summed E-state index contributed by atoms with van der Waals surface area (Å²) >= 11 is 0. The molecule has 0 radical (unpaired) electrons. The first-order valence-corrected chi connectivity index (χ1v) is 7.10. The van der Waals surface area contributed by atoms with Crippen molar-refractivity contribution in [1.82, 2.24) is 4.98 Å². The summed E-state index contributed by atoms with van der Waals surface area (Å²) in [6, 6.07) is 18.3. The summed E-state index contributed by atoms with van der Waals surface area (Å²) in [4.78, 5) is 4.33. The summed E-state index contributed by atoms with van der Waals surface area (Å²) in [6.07, 6.45) is 1.80. The van der Waals surface area contributed by atoms with Crippen LogP contribution in [0, 0.1) is 6.92 Å². The fourth-order valence-electron chi connectivity index (χ4n) is 2.23. The van der Waals surface area contributed by atoms with E-state index in [0.717, 1.165) is 28.9 Å². The Morgan fingerprint density at radius 1 is 1.00 bits per heavy atom. The second-order valence-electron chi connectivity index (χ2n) is 4.97. The van der Waals surface area contributed by atoms with Gasteiger partial charge in [0.05, 0.1) is 5.52 Å². The zero-order valence-electron chi connectivity index (χ0n) is 12.0. The van der Waals surface area contributed by atoms with Crippen LogP contribution in [-0.4, -0.2) is 18.1 Å². The van der Waals surface area contributed by atoms with Gasteiger partial charge in [-0.2, -0.15) is 0 Å². The molecule has 0 aliphatic carbocycles. The van der Waals surface area contributed by atoms with Crippen LogP contribution in [0.5, 0.6) is 5.75 Å². The maximum absolute atomic E-state index is 5.86. The molecule has 0 unspecified atom stereocenters. The van der Waals surface area contributed by atoms with Crippen LogP contribution in [0.4, 0.5) is 5.69 Å². The summed E-state index contributed by atoms with van der Waals surface area (Å²) in [5, 5.41) is 4.40. The minimum atomic E-state index is 0.613. The number of rotatable bonds is 5. The lowest BCUT2D eigenvalue weighted by atomic mass is 10.2. The van der Waals surface area contributed by atoms with E-state index < -0.39 is 0 Å². The molecule has 3 nitrogen and oxygen atoms in total. The van der Waals surface area contributed by atoms with Crippen molar-refractivity contribution < 1.29 is 4.74 Å². The largest absolute Gasteiger partial charge is 0.491 e. The minimum Gasteiger partial charge on any atom is -0.491 e. The molecule has 21 heavy (non-hydrogen) atoms. The third-order valence-corrected chi connectivity index (χ3v) is 3.35. The fraction of sp³-hybridized carbons (Fsp3) is 0.167. The van der Waals surface area contributed by atoms with E-state index in [4.69, 9.17) is 4.74 Å². The first kappa shape index (κ1) is 13.4. The molecule has 0 saturated heterocycles. The van der Waals surface area contributed by atoms with Gasteiger partial charge in [-0.3, -0.25) is 4.98 Å². The highest BCUT2D eigenvalue weighted by molar-refractivity contribution is 5.84. The van der Waals surface area contributed by atoms with Crippen molar-refractivity contribution in [1.29, 1.82) is 0 Å². The van der Waals surface area contributed by atoms with Gasteiger partial charge < -0.3 is 10.1 Å². The Balaban J connectivity index is 1.58. The van der Waals surface area contributed by atoms with Gasteiger partial charge in [0.15, 0.2) is 0 Å².